The molecule has 7 heteroatoms. The van der Waals surface area contributed by atoms with E-state index in [0.717, 1.165) is 11.1 Å². The molecule has 3 rings (SSSR count). The second-order valence-corrected chi connectivity index (χ2v) is 7.48. The molecule has 0 bridgehead atoms. The second kappa shape index (κ2) is 9.52. The number of aryl methyl sites for hydroxylation is 1. The van der Waals surface area contributed by atoms with E-state index >= 15 is 0 Å². The van der Waals surface area contributed by atoms with Gasteiger partial charge in [0.05, 0.1) is 5.92 Å². The third kappa shape index (κ3) is 5.23. The molecule has 2 amide bonds. The van der Waals surface area contributed by atoms with Crippen molar-refractivity contribution >= 4 is 23.5 Å². The number of nitrogens with zero attached hydrogens (tertiary/aromatic N) is 1. The third-order valence-corrected chi connectivity index (χ3v) is 5.43. The van der Waals surface area contributed by atoms with Gasteiger partial charge < -0.3 is 15.0 Å². The lowest BCUT2D eigenvalue weighted by atomic mass is 9.96. The van der Waals surface area contributed by atoms with Crippen molar-refractivity contribution in [3.05, 3.63) is 65.0 Å². The Kier molecular flexibility index (Phi) is 6.82. The van der Waals surface area contributed by atoms with Gasteiger partial charge in [0.2, 0.25) is 0 Å². The van der Waals surface area contributed by atoms with Crippen LogP contribution in [0.2, 0.25) is 0 Å². The van der Waals surface area contributed by atoms with Crippen molar-refractivity contribution < 1.29 is 23.5 Å². The van der Waals surface area contributed by atoms with E-state index < -0.39 is 11.8 Å². The predicted molar refractivity (Wildman–Crippen MR) is 111 cm³/mol. The Labute approximate surface area is 175 Å². The highest BCUT2D eigenvalue weighted by molar-refractivity contribution is 5.95. The summed E-state index contributed by atoms with van der Waals surface area (Å²) in [6.45, 7) is 4.34. The number of likely N-dealkylation sites (tertiary alicyclic amines) is 1. The normalized spacial score (nSPS) is 14.3. The summed E-state index contributed by atoms with van der Waals surface area (Å²) in [7, 11) is 0. The van der Waals surface area contributed by atoms with Crippen LogP contribution in [-0.4, -0.2) is 42.4 Å². The monoisotopic (exact) mass is 412 g/mol. The molecule has 1 fully saturated rings. The van der Waals surface area contributed by atoms with Crippen LogP contribution in [0.3, 0.4) is 0 Å². The van der Waals surface area contributed by atoms with E-state index in [1.807, 2.05) is 26.0 Å². The number of anilines is 1. The molecule has 1 heterocycles. The molecule has 158 valence electrons. The van der Waals surface area contributed by atoms with Crippen LogP contribution in [0.1, 0.15) is 34.3 Å². The Hall–Kier alpha value is -3.22. The molecule has 2 aromatic rings. The highest BCUT2D eigenvalue weighted by Gasteiger charge is 2.29. The molecule has 6 nitrogen and oxygen atoms in total. The molecule has 0 unspecified atom stereocenters. The topological polar surface area (TPSA) is 75.7 Å². The third-order valence-electron chi connectivity index (χ3n) is 5.43. The lowest BCUT2D eigenvalue weighted by Gasteiger charge is -2.31. The van der Waals surface area contributed by atoms with Crippen LogP contribution in [0.15, 0.2) is 42.5 Å². The molecule has 0 atom stereocenters. The standard InChI is InChI=1S/C23H25FN2O4/c1-15-4-3-5-20(16(15)2)25-21(27)14-30-23(29)18-10-12-26(13-11-18)22(28)17-6-8-19(24)9-7-17/h3-9,18H,10-14H2,1-2H3,(H,25,27). The molecule has 1 N–H and O–H groups in total. The summed E-state index contributed by atoms with van der Waals surface area (Å²) < 4.78 is 18.2. The van der Waals surface area contributed by atoms with Gasteiger partial charge in [-0.25, -0.2) is 4.39 Å². The number of hydrogen-bond acceptors (Lipinski definition) is 4. The summed E-state index contributed by atoms with van der Waals surface area (Å²) in [4.78, 5) is 38.5. The van der Waals surface area contributed by atoms with Gasteiger partial charge in [-0.2, -0.15) is 0 Å². The van der Waals surface area contributed by atoms with Crippen molar-refractivity contribution in [2.24, 2.45) is 5.92 Å². The van der Waals surface area contributed by atoms with Crippen LogP contribution in [-0.2, 0) is 14.3 Å². The molecule has 0 radical (unpaired) electrons. The van der Waals surface area contributed by atoms with Crippen LogP contribution in [0.4, 0.5) is 10.1 Å². The zero-order valence-electron chi connectivity index (χ0n) is 17.1. The SMILES string of the molecule is Cc1cccc(NC(=O)COC(=O)C2CCN(C(=O)c3ccc(F)cc3)CC2)c1C. The van der Waals surface area contributed by atoms with E-state index in [0.29, 0.717) is 37.2 Å². The first-order chi connectivity index (χ1) is 14.3. The summed E-state index contributed by atoms with van der Waals surface area (Å²) in [5, 5.41) is 2.76. The van der Waals surface area contributed by atoms with Crippen LogP contribution in [0.25, 0.3) is 0 Å². The number of piperidine rings is 1. The molecule has 0 spiro atoms. The number of benzene rings is 2. The van der Waals surface area contributed by atoms with Crippen LogP contribution < -0.4 is 5.32 Å². The van der Waals surface area contributed by atoms with E-state index in [1.54, 1.807) is 11.0 Å². The minimum absolute atomic E-state index is 0.185. The maximum Gasteiger partial charge on any atom is 0.309 e. The van der Waals surface area contributed by atoms with Gasteiger partial charge in [0.15, 0.2) is 6.61 Å². The molecule has 0 aliphatic carbocycles. The number of rotatable bonds is 5. The Morgan fingerprint density at radius 3 is 2.40 bits per heavy atom. The minimum Gasteiger partial charge on any atom is -0.455 e. The first-order valence-electron chi connectivity index (χ1n) is 9.92. The molecule has 1 aliphatic rings. The number of carbonyl (C=O) groups is 3. The van der Waals surface area contributed by atoms with E-state index in [2.05, 4.69) is 5.32 Å². The van der Waals surface area contributed by atoms with Gasteiger partial charge in [-0.3, -0.25) is 14.4 Å². The van der Waals surface area contributed by atoms with Gasteiger partial charge in [0.25, 0.3) is 11.8 Å². The number of halogens is 1. The maximum absolute atomic E-state index is 13.0. The molecule has 0 aromatic heterocycles. The number of nitrogens with one attached hydrogen (secondary N) is 1. The zero-order chi connectivity index (χ0) is 21.7. The lowest BCUT2D eigenvalue weighted by Crippen LogP contribution is -2.41. The number of hydrogen-bond donors (Lipinski definition) is 1. The number of esters is 1. The van der Waals surface area contributed by atoms with Gasteiger partial charge in [0, 0.05) is 24.3 Å². The summed E-state index contributed by atoms with van der Waals surface area (Å²) in [5.41, 5.74) is 3.14. The average molecular weight is 412 g/mol. The van der Waals surface area contributed by atoms with Crippen LogP contribution >= 0.6 is 0 Å². The van der Waals surface area contributed by atoms with Crippen LogP contribution in [0.5, 0.6) is 0 Å². The van der Waals surface area contributed by atoms with Crippen molar-refractivity contribution in [2.45, 2.75) is 26.7 Å². The maximum atomic E-state index is 13.0. The van der Waals surface area contributed by atoms with E-state index in [9.17, 15) is 18.8 Å². The fourth-order valence-electron chi connectivity index (χ4n) is 3.42. The van der Waals surface area contributed by atoms with Gasteiger partial charge in [-0.15, -0.1) is 0 Å². The van der Waals surface area contributed by atoms with Gasteiger partial charge in [-0.1, -0.05) is 12.1 Å². The molecule has 30 heavy (non-hydrogen) atoms. The number of ether oxygens (including phenoxy) is 1. The fraction of sp³-hybridized carbons (Fsp3) is 0.348. The average Bonchev–Trinajstić information content (AvgIpc) is 2.75. The number of amides is 2. The largest absolute Gasteiger partial charge is 0.455 e. The van der Waals surface area contributed by atoms with Crippen LogP contribution in [0, 0.1) is 25.6 Å². The lowest BCUT2D eigenvalue weighted by molar-refractivity contribution is -0.152. The van der Waals surface area contributed by atoms with Crippen molar-refractivity contribution in [3.63, 3.8) is 0 Å². The first kappa shape index (κ1) is 21.5. The Morgan fingerprint density at radius 1 is 1.07 bits per heavy atom. The summed E-state index contributed by atoms with van der Waals surface area (Å²) in [6, 6.07) is 11.0. The van der Waals surface area contributed by atoms with Gasteiger partial charge in [-0.05, 0) is 68.1 Å². The molecule has 1 saturated heterocycles. The Balaban J connectivity index is 1.45. The zero-order valence-corrected chi connectivity index (χ0v) is 17.1. The predicted octanol–water partition coefficient (Wildman–Crippen LogP) is 3.48. The highest BCUT2D eigenvalue weighted by Crippen LogP contribution is 2.21. The van der Waals surface area contributed by atoms with E-state index in [1.165, 1.54) is 24.3 Å². The van der Waals surface area contributed by atoms with Gasteiger partial charge >= 0.3 is 5.97 Å². The van der Waals surface area contributed by atoms with Gasteiger partial charge in [0.1, 0.15) is 5.82 Å². The molecular weight excluding hydrogens is 387 g/mol. The Morgan fingerprint density at radius 2 is 1.73 bits per heavy atom. The molecule has 1 aliphatic heterocycles. The molecular formula is C23H25FN2O4. The fourth-order valence-corrected chi connectivity index (χ4v) is 3.42. The highest BCUT2D eigenvalue weighted by atomic mass is 19.1. The molecule has 2 aromatic carbocycles. The summed E-state index contributed by atoms with van der Waals surface area (Å²) in [6.07, 6.45) is 0.925. The quantitative estimate of drug-likeness (QED) is 0.763. The Bertz CT molecular complexity index is 935. The minimum atomic E-state index is -0.431. The summed E-state index contributed by atoms with van der Waals surface area (Å²) in [5.74, 6) is -1.75. The van der Waals surface area contributed by atoms with Crippen molar-refractivity contribution in [2.75, 3.05) is 25.0 Å². The molecule has 0 saturated carbocycles. The smallest absolute Gasteiger partial charge is 0.309 e. The van der Waals surface area contributed by atoms with E-state index in [4.69, 9.17) is 4.74 Å². The van der Waals surface area contributed by atoms with Crippen molar-refractivity contribution in [1.82, 2.24) is 4.90 Å². The summed E-state index contributed by atoms with van der Waals surface area (Å²) >= 11 is 0. The first-order valence-corrected chi connectivity index (χ1v) is 9.92. The number of carbonyl (C=O) groups excluding carboxylic acids is 3. The van der Waals surface area contributed by atoms with Crippen molar-refractivity contribution in [1.29, 1.82) is 0 Å². The van der Waals surface area contributed by atoms with E-state index in [-0.39, 0.29) is 24.3 Å². The second-order valence-electron chi connectivity index (χ2n) is 7.48. The van der Waals surface area contributed by atoms with Crippen molar-refractivity contribution in [3.8, 4) is 0 Å².